The molecule has 0 aromatic heterocycles. The summed E-state index contributed by atoms with van der Waals surface area (Å²) in [5.41, 5.74) is 0. The van der Waals surface area contributed by atoms with Crippen LogP contribution in [0.1, 0.15) is 20.8 Å². The molecule has 0 radical (unpaired) electrons. The monoisotopic (exact) mass is 225 g/mol. The van der Waals surface area contributed by atoms with E-state index in [0.717, 1.165) is 19.1 Å². The summed E-state index contributed by atoms with van der Waals surface area (Å²) in [4.78, 5) is 4.32. The smallest absolute Gasteiger partial charge is 0.192 e. The second-order valence-electron chi connectivity index (χ2n) is 3.79. The molecule has 0 aliphatic heterocycles. The zero-order valence-electron chi connectivity index (χ0n) is 10.5. The van der Waals surface area contributed by atoms with Crippen molar-refractivity contribution in [2.24, 2.45) is 10.9 Å². The van der Waals surface area contributed by atoms with Crippen molar-refractivity contribution in [3.8, 4) is 12.3 Å². The van der Waals surface area contributed by atoms with Crippen LogP contribution >= 0.6 is 0 Å². The number of terminal acetylenes is 1. The Morgan fingerprint density at radius 3 is 2.75 bits per heavy atom. The molecule has 0 aliphatic rings. The van der Waals surface area contributed by atoms with Crippen LogP contribution in [0.2, 0.25) is 0 Å². The summed E-state index contributed by atoms with van der Waals surface area (Å²) in [6.45, 7) is 9.65. The average Bonchev–Trinajstić information content (AvgIpc) is 2.24. The molecular weight excluding hydrogens is 202 g/mol. The SMILES string of the molecule is C#CCNC(=NCCOCC(C)C)NCC. The first kappa shape index (κ1) is 14.8. The Labute approximate surface area is 98.9 Å². The lowest BCUT2D eigenvalue weighted by molar-refractivity contribution is 0.117. The Kier molecular flexibility index (Phi) is 9.53. The quantitative estimate of drug-likeness (QED) is 0.292. The molecular formula is C12H23N3O. The molecule has 0 heterocycles. The van der Waals surface area contributed by atoms with Crippen LogP contribution in [-0.2, 0) is 4.74 Å². The molecule has 0 aliphatic carbocycles. The van der Waals surface area contributed by atoms with Crippen LogP contribution in [-0.4, -0.2) is 38.8 Å². The number of aliphatic imine (C=N–C) groups is 1. The largest absolute Gasteiger partial charge is 0.379 e. The third kappa shape index (κ3) is 9.35. The van der Waals surface area contributed by atoms with Crippen LogP contribution in [0.3, 0.4) is 0 Å². The van der Waals surface area contributed by atoms with Crippen molar-refractivity contribution in [2.45, 2.75) is 20.8 Å². The number of hydrogen-bond donors (Lipinski definition) is 2. The van der Waals surface area contributed by atoms with Crippen LogP contribution in [0.25, 0.3) is 0 Å². The van der Waals surface area contributed by atoms with Gasteiger partial charge in [-0.3, -0.25) is 4.99 Å². The van der Waals surface area contributed by atoms with Gasteiger partial charge >= 0.3 is 0 Å². The maximum atomic E-state index is 5.43. The topological polar surface area (TPSA) is 45.7 Å². The number of guanidine groups is 1. The van der Waals surface area contributed by atoms with Gasteiger partial charge in [-0.15, -0.1) is 6.42 Å². The number of hydrogen-bond acceptors (Lipinski definition) is 2. The highest BCUT2D eigenvalue weighted by molar-refractivity contribution is 5.79. The lowest BCUT2D eigenvalue weighted by atomic mass is 10.2. The van der Waals surface area contributed by atoms with E-state index in [1.165, 1.54) is 0 Å². The van der Waals surface area contributed by atoms with Crippen molar-refractivity contribution < 1.29 is 4.74 Å². The third-order valence-electron chi connectivity index (χ3n) is 1.66. The minimum atomic E-state index is 0.485. The fourth-order valence-corrected chi connectivity index (χ4v) is 1.02. The zero-order chi connectivity index (χ0) is 12.2. The Balaban J connectivity index is 3.72. The first-order valence-electron chi connectivity index (χ1n) is 5.74. The minimum Gasteiger partial charge on any atom is -0.379 e. The molecule has 0 amide bonds. The van der Waals surface area contributed by atoms with Crippen LogP contribution < -0.4 is 10.6 Å². The summed E-state index contributed by atoms with van der Waals surface area (Å²) in [7, 11) is 0. The van der Waals surface area contributed by atoms with E-state index in [-0.39, 0.29) is 0 Å². The van der Waals surface area contributed by atoms with Gasteiger partial charge in [0.25, 0.3) is 0 Å². The summed E-state index contributed by atoms with van der Waals surface area (Å²) in [5, 5.41) is 6.12. The minimum absolute atomic E-state index is 0.485. The summed E-state index contributed by atoms with van der Waals surface area (Å²) in [5.74, 6) is 3.82. The molecule has 0 atom stereocenters. The normalized spacial score (nSPS) is 11.3. The van der Waals surface area contributed by atoms with Gasteiger partial charge in [0.2, 0.25) is 0 Å². The van der Waals surface area contributed by atoms with E-state index < -0.39 is 0 Å². The molecule has 0 unspecified atom stereocenters. The molecule has 0 saturated heterocycles. The molecule has 0 bridgehead atoms. The molecule has 16 heavy (non-hydrogen) atoms. The van der Waals surface area contributed by atoms with E-state index in [9.17, 15) is 0 Å². The number of nitrogens with one attached hydrogen (secondary N) is 2. The molecule has 0 aromatic carbocycles. The molecule has 0 aromatic rings. The number of rotatable bonds is 7. The van der Waals surface area contributed by atoms with Crippen molar-refractivity contribution in [3.63, 3.8) is 0 Å². The van der Waals surface area contributed by atoms with Gasteiger partial charge < -0.3 is 15.4 Å². The third-order valence-corrected chi connectivity index (χ3v) is 1.66. The van der Waals surface area contributed by atoms with Gasteiger partial charge in [0.1, 0.15) is 0 Å². The second-order valence-corrected chi connectivity index (χ2v) is 3.79. The standard InChI is InChI=1S/C12H23N3O/c1-5-7-14-12(13-6-2)15-8-9-16-10-11(3)4/h1,11H,6-10H2,2-4H3,(H2,13,14,15). The molecule has 0 rings (SSSR count). The highest BCUT2D eigenvalue weighted by Crippen LogP contribution is 1.91. The Bertz CT molecular complexity index is 231. The molecule has 4 heteroatoms. The lowest BCUT2D eigenvalue weighted by Gasteiger charge is -2.09. The van der Waals surface area contributed by atoms with Crippen molar-refractivity contribution >= 4 is 5.96 Å². The summed E-state index contributed by atoms with van der Waals surface area (Å²) >= 11 is 0. The fourth-order valence-electron chi connectivity index (χ4n) is 1.02. The number of nitrogens with zero attached hydrogens (tertiary/aromatic N) is 1. The molecule has 4 nitrogen and oxygen atoms in total. The van der Waals surface area contributed by atoms with Crippen LogP contribution in [0.4, 0.5) is 0 Å². The Morgan fingerprint density at radius 2 is 2.19 bits per heavy atom. The summed E-state index contributed by atoms with van der Waals surface area (Å²) in [6, 6.07) is 0. The van der Waals surface area contributed by atoms with Crippen molar-refractivity contribution in [2.75, 3.05) is 32.8 Å². The van der Waals surface area contributed by atoms with Crippen LogP contribution in [0, 0.1) is 18.3 Å². The van der Waals surface area contributed by atoms with Gasteiger partial charge in [0.15, 0.2) is 5.96 Å². The van der Waals surface area contributed by atoms with Gasteiger partial charge in [-0.1, -0.05) is 19.8 Å². The highest BCUT2D eigenvalue weighted by Gasteiger charge is 1.95. The second kappa shape index (κ2) is 10.3. The predicted molar refractivity (Wildman–Crippen MR) is 68.5 cm³/mol. The van der Waals surface area contributed by atoms with E-state index in [1.54, 1.807) is 0 Å². The van der Waals surface area contributed by atoms with E-state index in [4.69, 9.17) is 11.2 Å². The Hall–Kier alpha value is -1.21. The van der Waals surface area contributed by atoms with Crippen molar-refractivity contribution in [3.05, 3.63) is 0 Å². The maximum absolute atomic E-state index is 5.43. The molecule has 0 spiro atoms. The van der Waals surface area contributed by atoms with Gasteiger partial charge in [0.05, 0.1) is 19.7 Å². The van der Waals surface area contributed by atoms with Gasteiger partial charge in [0, 0.05) is 13.2 Å². The molecule has 92 valence electrons. The first-order chi connectivity index (χ1) is 7.70. The maximum Gasteiger partial charge on any atom is 0.192 e. The highest BCUT2D eigenvalue weighted by atomic mass is 16.5. The molecule has 0 fully saturated rings. The van der Waals surface area contributed by atoms with Crippen molar-refractivity contribution in [1.29, 1.82) is 0 Å². The molecule has 2 N–H and O–H groups in total. The lowest BCUT2D eigenvalue weighted by Crippen LogP contribution is -2.37. The first-order valence-corrected chi connectivity index (χ1v) is 5.74. The van der Waals surface area contributed by atoms with Gasteiger partial charge in [-0.2, -0.15) is 0 Å². The zero-order valence-corrected chi connectivity index (χ0v) is 10.5. The molecule has 0 saturated carbocycles. The summed E-state index contributed by atoms with van der Waals surface area (Å²) in [6.07, 6.45) is 5.16. The van der Waals surface area contributed by atoms with Gasteiger partial charge in [-0.25, -0.2) is 0 Å². The Morgan fingerprint density at radius 1 is 1.44 bits per heavy atom. The number of ether oxygens (including phenoxy) is 1. The van der Waals surface area contributed by atoms with Crippen LogP contribution in [0.15, 0.2) is 4.99 Å². The van der Waals surface area contributed by atoms with Crippen LogP contribution in [0.5, 0.6) is 0 Å². The van der Waals surface area contributed by atoms with Gasteiger partial charge in [-0.05, 0) is 12.8 Å². The summed E-state index contributed by atoms with van der Waals surface area (Å²) < 4.78 is 5.43. The van der Waals surface area contributed by atoms with Crippen molar-refractivity contribution in [1.82, 2.24) is 10.6 Å². The van der Waals surface area contributed by atoms with E-state index in [0.29, 0.717) is 25.6 Å². The van der Waals surface area contributed by atoms with E-state index >= 15 is 0 Å². The van der Waals surface area contributed by atoms with E-state index in [2.05, 4.69) is 35.4 Å². The van der Waals surface area contributed by atoms with E-state index in [1.807, 2.05) is 6.92 Å². The predicted octanol–water partition coefficient (Wildman–Crippen LogP) is 0.847. The fraction of sp³-hybridized carbons (Fsp3) is 0.750. The average molecular weight is 225 g/mol.